The molecule has 2 rings (SSSR count). The predicted molar refractivity (Wildman–Crippen MR) is 68.6 cm³/mol. The van der Waals surface area contributed by atoms with Gasteiger partial charge in [-0.25, -0.2) is 0 Å². The molecule has 16 heavy (non-hydrogen) atoms. The average molecular weight is 344 g/mol. The standard InChI is InChI=1S/C12H8Br2O2/c13-10-4-2-1-3-8(10)7-11(15)9-5-6-16-12(9)14/h1-6H,7H2. The Morgan fingerprint density at radius 3 is 2.56 bits per heavy atom. The lowest BCUT2D eigenvalue weighted by Gasteiger charge is -2.02. The topological polar surface area (TPSA) is 30.2 Å². The van der Waals surface area contributed by atoms with Crippen molar-refractivity contribution in [3.8, 4) is 0 Å². The normalized spacial score (nSPS) is 10.4. The largest absolute Gasteiger partial charge is 0.457 e. The van der Waals surface area contributed by atoms with Crippen LogP contribution in [0.1, 0.15) is 15.9 Å². The fourth-order valence-corrected chi connectivity index (χ4v) is 2.29. The maximum absolute atomic E-state index is 11.9. The minimum Gasteiger partial charge on any atom is -0.457 e. The van der Waals surface area contributed by atoms with Crippen molar-refractivity contribution < 1.29 is 9.21 Å². The molecule has 0 N–H and O–H groups in total. The highest BCUT2D eigenvalue weighted by Gasteiger charge is 2.14. The van der Waals surface area contributed by atoms with Crippen LogP contribution in [0.5, 0.6) is 0 Å². The van der Waals surface area contributed by atoms with Crippen molar-refractivity contribution in [1.29, 1.82) is 0 Å². The Balaban J connectivity index is 2.21. The number of hydrogen-bond donors (Lipinski definition) is 0. The van der Waals surface area contributed by atoms with Gasteiger partial charge in [0.25, 0.3) is 0 Å². The Labute approximate surface area is 110 Å². The second-order valence-corrected chi connectivity index (χ2v) is 4.87. The van der Waals surface area contributed by atoms with E-state index in [9.17, 15) is 4.79 Å². The monoisotopic (exact) mass is 342 g/mol. The molecule has 2 aromatic rings. The summed E-state index contributed by atoms with van der Waals surface area (Å²) < 4.78 is 6.48. The Hall–Kier alpha value is -0.870. The summed E-state index contributed by atoms with van der Waals surface area (Å²) in [4.78, 5) is 11.9. The summed E-state index contributed by atoms with van der Waals surface area (Å²) in [5.41, 5.74) is 1.55. The van der Waals surface area contributed by atoms with E-state index in [2.05, 4.69) is 31.9 Å². The van der Waals surface area contributed by atoms with E-state index >= 15 is 0 Å². The van der Waals surface area contributed by atoms with Gasteiger partial charge in [0, 0.05) is 10.9 Å². The van der Waals surface area contributed by atoms with Crippen LogP contribution in [0.15, 0.2) is 50.2 Å². The minimum atomic E-state index is 0.0347. The molecule has 0 amide bonds. The lowest BCUT2D eigenvalue weighted by molar-refractivity contribution is 0.0991. The zero-order chi connectivity index (χ0) is 11.5. The maximum Gasteiger partial charge on any atom is 0.179 e. The second-order valence-electron chi connectivity index (χ2n) is 3.30. The van der Waals surface area contributed by atoms with E-state index in [4.69, 9.17) is 4.42 Å². The summed E-state index contributed by atoms with van der Waals surface area (Å²) in [5, 5.41) is 0. The Bertz CT molecular complexity index is 517. The van der Waals surface area contributed by atoms with Crippen molar-refractivity contribution in [2.24, 2.45) is 0 Å². The van der Waals surface area contributed by atoms with E-state index in [1.807, 2.05) is 24.3 Å². The van der Waals surface area contributed by atoms with Gasteiger partial charge >= 0.3 is 0 Å². The average Bonchev–Trinajstić information content (AvgIpc) is 2.68. The molecule has 0 radical (unpaired) electrons. The van der Waals surface area contributed by atoms with Crippen molar-refractivity contribution in [2.45, 2.75) is 6.42 Å². The lowest BCUT2D eigenvalue weighted by atomic mass is 10.1. The molecule has 0 bridgehead atoms. The van der Waals surface area contributed by atoms with Gasteiger partial charge in [-0.1, -0.05) is 34.1 Å². The number of carbonyl (C=O) groups is 1. The van der Waals surface area contributed by atoms with Crippen LogP contribution < -0.4 is 0 Å². The van der Waals surface area contributed by atoms with Crippen molar-refractivity contribution in [3.63, 3.8) is 0 Å². The molecule has 0 unspecified atom stereocenters. The number of ketones is 1. The molecule has 0 spiro atoms. The molecule has 0 aliphatic carbocycles. The Morgan fingerprint density at radius 2 is 1.94 bits per heavy atom. The van der Waals surface area contributed by atoms with Crippen LogP contribution in [0.2, 0.25) is 0 Å². The van der Waals surface area contributed by atoms with E-state index in [1.165, 1.54) is 6.26 Å². The van der Waals surface area contributed by atoms with Gasteiger partial charge in [-0.3, -0.25) is 4.79 Å². The molecule has 1 aromatic heterocycles. The maximum atomic E-state index is 11.9. The first-order valence-electron chi connectivity index (χ1n) is 4.68. The van der Waals surface area contributed by atoms with E-state index in [1.54, 1.807) is 6.07 Å². The number of hydrogen-bond acceptors (Lipinski definition) is 2. The van der Waals surface area contributed by atoms with Gasteiger partial charge in [0.05, 0.1) is 11.8 Å². The fraction of sp³-hybridized carbons (Fsp3) is 0.0833. The lowest BCUT2D eigenvalue weighted by Crippen LogP contribution is -2.03. The van der Waals surface area contributed by atoms with Gasteiger partial charge in [-0.15, -0.1) is 0 Å². The number of Topliss-reactive ketones (excluding diaryl/α,β-unsaturated/α-hetero) is 1. The molecule has 0 saturated carbocycles. The molecular weight excluding hydrogens is 336 g/mol. The zero-order valence-electron chi connectivity index (χ0n) is 8.24. The predicted octanol–water partition coefficient (Wildman–Crippen LogP) is 4.23. The number of furan rings is 1. The van der Waals surface area contributed by atoms with Crippen molar-refractivity contribution in [2.75, 3.05) is 0 Å². The molecule has 1 heterocycles. The zero-order valence-corrected chi connectivity index (χ0v) is 11.4. The third-order valence-electron chi connectivity index (χ3n) is 2.23. The van der Waals surface area contributed by atoms with Crippen LogP contribution in [0, 0.1) is 0 Å². The van der Waals surface area contributed by atoms with Gasteiger partial charge in [0.2, 0.25) is 0 Å². The number of rotatable bonds is 3. The van der Waals surface area contributed by atoms with Crippen molar-refractivity contribution in [3.05, 3.63) is 56.9 Å². The van der Waals surface area contributed by atoms with E-state index in [0.29, 0.717) is 16.7 Å². The molecule has 0 fully saturated rings. The van der Waals surface area contributed by atoms with Crippen LogP contribution in [0.3, 0.4) is 0 Å². The summed E-state index contributed by atoms with van der Waals surface area (Å²) in [6.07, 6.45) is 1.86. The number of benzene rings is 1. The first-order valence-corrected chi connectivity index (χ1v) is 6.26. The molecule has 0 saturated heterocycles. The molecule has 0 atom stereocenters. The van der Waals surface area contributed by atoms with Crippen LogP contribution in [0.4, 0.5) is 0 Å². The van der Waals surface area contributed by atoms with Crippen LogP contribution in [0.25, 0.3) is 0 Å². The van der Waals surface area contributed by atoms with Crippen LogP contribution >= 0.6 is 31.9 Å². The van der Waals surface area contributed by atoms with E-state index in [0.717, 1.165) is 10.0 Å². The molecule has 2 nitrogen and oxygen atoms in total. The first-order chi connectivity index (χ1) is 7.68. The third-order valence-corrected chi connectivity index (χ3v) is 3.61. The highest BCUT2D eigenvalue weighted by molar-refractivity contribution is 9.10. The minimum absolute atomic E-state index is 0.0347. The number of carbonyl (C=O) groups excluding carboxylic acids is 1. The number of halogens is 2. The Kier molecular flexibility index (Phi) is 3.61. The van der Waals surface area contributed by atoms with Crippen molar-refractivity contribution in [1.82, 2.24) is 0 Å². The molecule has 82 valence electrons. The molecule has 4 heteroatoms. The van der Waals surface area contributed by atoms with Crippen LogP contribution in [-0.4, -0.2) is 5.78 Å². The fourth-order valence-electron chi connectivity index (χ4n) is 1.40. The summed E-state index contributed by atoms with van der Waals surface area (Å²) in [6, 6.07) is 9.36. The summed E-state index contributed by atoms with van der Waals surface area (Å²) in [7, 11) is 0. The quantitative estimate of drug-likeness (QED) is 0.780. The first kappa shape index (κ1) is 11.6. The molecule has 0 aliphatic heterocycles. The summed E-state index contributed by atoms with van der Waals surface area (Å²) in [6.45, 7) is 0. The SMILES string of the molecule is O=C(Cc1ccccc1Br)c1ccoc1Br. The summed E-state index contributed by atoms with van der Waals surface area (Å²) in [5.74, 6) is 0.0347. The molecule has 0 aliphatic rings. The van der Waals surface area contributed by atoms with Crippen molar-refractivity contribution >= 4 is 37.6 Å². The highest BCUT2D eigenvalue weighted by Crippen LogP contribution is 2.22. The molecule has 1 aromatic carbocycles. The van der Waals surface area contributed by atoms with Gasteiger partial charge in [-0.05, 0) is 33.6 Å². The summed E-state index contributed by atoms with van der Waals surface area (Å²) >= 11 is 6.62. The second kappa shape index (κ2) is 4.97. The Morgan fingerprint density at radius 1 is 1.19 bits per heavy atom. The van der Waals surface area contributed by atoms with Gasteiger partial charge < -0.3 is 4.42 Å². The van der Waals surface area contributed by atoms with Crippen LogP contribution in [-0.2, 0) is 6.42 Å². The van der Waals surface area contributed by atoms with Gasteiger partial charge in [0.15, 0.2) is 10.5 Å². The molecular formula is C12H8Br2O2. The smallest absolute Gasteiger partial charge is 0.179 e. The highest BCUT2D eigenvalue weighted by atomic mass is 79.9. The third kappa shape index (κ3) is 2.44. The van der Waals surface area contributed by atoms with Gasteiger partial charge in [-0.2, -0.15) is 0 Å². The van der Waals surface area contributed by atoms with Gasteiger partial charge in [0.1, 0.15) is 0 Å². The van der Waals surface area contributed by atoms with E-state index in [-0.39, 0.29) is 5.78 Å². The van der Waals surface area contributed by atoms with E-state index < -0.39 is 0 Å².